The molecule has 0 aliphatic carbocycles. The zero-order valence-electron chi connectivity index (χ0n) is 8.91. The van der Waals surface area contributed by atoms with Gasteiger partial charge < -0.3 is 5.73 Å². The third-order valence-electron chi connectivity index (χ3n) is 2.18. The van der Waals surface area contributed by atoms with Crippen LogP contribution in [-0.2, 0) is 9.84 Å². The Morgan fingerprint density at radius 1 is 1.40 bits per heavy atom. The van der Waals surface area contributed by atoms with E-state index >= 15 is 0 Å². The lowest BCUT2D eigenvalue weighted by Gasteiger charge is -2.11. The van der Waals surface area contributed by atoms with Crippen molar-refractivity contribution < 1.29 is 12.8 Å². The molecule has 0 bridgehead atoms. The van der Waals surface area contributed by atoms with Gasteiger partial charge in [-0.15, -0.1) is 0 Å². The second-order valence-electron chi connectivity index (χ2n) is 3.70. The van der Waals surface area contributed by atoms with Crippen LogP contribution in [0.4, 0.5) is 4.39 Å². The summed E-state index contributed by atoms with van der Waals surface area (Å²) >= 11 is 0. The maximum atomic E-state index is 13.4. The van der Waals surface area contributed by atoms with Gasteiger partial charge in [0.25, 0.3) is 0 Å². The van der Waals surface area contributed by atoms with Gasteiger partial charge in [0.1, 0.15) is 5.82 Å². The standard InChI is InChI=1S/C10H14FNO2S/c1-6-4-9(11)8(7(2)12)5-10(6)15(3,13)14/h4-5,7H,12H2,1-3H3. The molecule has 0 saturated carbocycles. The minimum absolute atomic E-state index is 0.135. The number of hydrogen-bond acceptors (Lipinski definition) is 3. The van der Waals surface area contributed by atoms with Gasteiger partial charge in [0.15, 0.2) is 9.84 Å². The maximum absolute atomic E-state index is 13.4. The van der Waals surface area contributed by atoms with Crippen LogP contribution in [0.15, 0.2) is 17.0 Å². The van der Waals surface area contributed by atoms with Crippen molar-refractivity contribution in [1.29, 1.82) is 0 Å². The van der Waals surface area contributed by atoms with Crippen molar-refractivity contribution in [1.82, 2.24) is 0 Å². The van der Waals surface area contributed by atoms with Gasteiger partial charge in [-0.2, -0.15) is 0 Å². The Morgan fingerprint density at radius 3 is 2.33 bits per heavy atom. The van der Waals surface area contributed by atoms with E-state index in [4.69, 9.17) is 5.73 Å². The average molecular weight is 231 g/mol. The van der Waals surface area contributed by atoms with Crippen molar-refractivity contribution in [2.75, 3.05) is 6.26 Å². The molecule has 2 N–H and O–H groups in total. The summed E-state index contributed by atoms with van der Waals surface area (Å²) in [6, 6.07) is 1.99. The van der Waals surface area contributed by atoms with Crippen molar-refractivity contribution in [3.05, 3.63) is 29.1 Å². The third kappa shape index (κ3) is 2.54. The molecule has 15 heavy (non-hydrogen) atoms. The summed E-state index contributed by atoms with van der Waals surface area (Å²) in [5.74, 6) is -0.463. The van der Waals surface area contributed by atoms with Crippen LogP contribution in [0.2, 0.25) is 0 Å². The second kappa shape index (κ2) is 3.90. The zero-order valence-corrected chi connectivity index (χ0v) is 9.73. The van der Waals surface area contributed by atoms with Crippen LogP contribution >= 0.6 is 0 Å². The van der Waals surface area contributed by atoms with Gasteiger partial charge in [-0.1, -0.05) is 0 Å². The summed E-state index contributed by atoms with van der Waals surface area (Å²) in [5.41, 5.74) is 6.17. The molecule has 0 aromatic heterocycles. The Morgan fingerprint density at radius 2 is 1.93 bits per heavy atom. The van der Waals surface area contributed by atoms with E-state index in [2.05, 4.69) is 0 Å². The fourth-order valence-electron chi connectivity index (χ4n) is 1.42. The molecule has 0 heterocycles. The Labute approximate surface area is 89.0 Å². The molecule has 0 aliphatic heterocycles. The van der Waals surface area contributed by atoms with Crippen molar-refractivity contribution >= 4 is 9.84 Å². The molecule has 0 saturated heterocycles. The minimum Gasteiger partial charge on any atom is -0.324 e. The first-order valence-electron chi connectivity index (χ1n) is 4.49. The number of aryl methyl sites for hydroxylation is 1. The number of rotatable bonds is 2. The van der Waals surface area contributed by atoms with Gasteiger partial charge in [-0.25, -0.2) is 12.8 Å². The Balaban J connectivity index is 3.50. The lowest BCUT2D eigenvalue weighted by Crippen LogP contribution is -2.10. The van der Waals surface area contributed by atoms with Gasteiger partial charge in [0.2, 0.25) is 0 Å². The molecule has 84 valence electrons. The zero-order chi connectivity index (χ0) is 11.8. The maximum Gasteiger partial charge on any atom is 0.175 e. The monoisotopic (exact) mass is 231 g/mol. The van der Waals surface area contributed by atoms with Gasteiger partial charge in [-0.05, 0) is 31.5 Å². The quantitative estimate of drug-likeness (QED) is 0.786. The molecule has 5 heteroatoms. The summed E-state index contributed by atoms with van der Waals surface area (Å²) in [6.45, 7) is 3.17. The van der Waals surface area contributed by atoms with E-state index in [1.165, 1.54) is 12.1 Å². The van der Waals surface area contributed by atoms with E-state index in [1.807, 2.05) is 0 Å². The van der Waals surface area contributed by atoms with Crippen molar-refractivity contribution in [3.63, 3.8) is 0 Å². The third-order valence-corrected chi connectivity index (χ3v) is 3.42. The number of hydrogen-bond donors (Lipinski definition) is 1. The fourth-order valence-corrected chi connectivity index (χ4v) is 2.40. The molecule has 1 rings (SSSR count). The summed E-state index contributed by atoms with van der Waals surface area (Å²) in [7, 11) is -3.33. The molecule has 1 aromatic carbocycles. The Hall–Kier alpha value is -0.940. The molecule has 1 atom stereocenters. The second-order valence-corrected chi connectivity index (χ2v) is 5.68. The van der Waals surface area contributed by atoms with Crippen LogP contribution in [0.5, 0.6) is 0 Å². The number of sulfone groups is 1. The number of nitrogens with two attached hydrogens (primary N) is 1. The summed E-state index contributed by atoms with van der Waals surface area (Å²) in [5, 5.41) is 0. The van der Waals surface area contributed by atoms with Crippen LogP contribution < -0.4 is 5.73 Å². The molecule has 0 fully saturated rings. The number of benzene rings is 1. The smallest absolute Gasteiger partial charge is 0.175 e. The molecule has 1 aromatic rings. The normalized spacial score (nSPS) is 13.9. The topological polar surface area (TPSA) is 60.2 Å². The molecular weight excluding hydrogens is 217 g/mol. The first-order valence-corrected chi connectivity index (χ1v) is 6.38. The Kier molecular flexibility index (Phi) is 3.16. The average Bonchev–Trinajstić information content (AvgIpc) is 2.00. The van der Waals surface area contributed by atoms with E-state index in [0.717, 1.165) is 6.26 Å². The van der Waals surface area contributed by atoms with Crippen molar-refractivity contribution in [2.45, 2.75) is 24.8 Å². The number of halogens is 1. The highest BCUT2D eigenvalue weighted by Crippen LogP contribution is 2.23. The van der Waals surface area contributed by atoms with Crippen LogP contribution in [-0.4, -0.2) is 14.7 Å². The van der Waals surface area contributed by atoms with Gasteiger partial charge in [0, 0.05) is 17.9 Å². The van der Waals surface area contributed by atoms with E-state index < -0.39 is 21.7 Å². The first-order chi connectivity index (χ1) is 6.73. The van der Waals surface area contributed by atoms with Crippen molar-refractivity contribution in [2.24, 2.45) is 5.73 Å². The SMILES string of the molecule is Cc1cc(F)c(C(C)N)cc1S(C)(=O)=O. The molecule has 0 amide bonds. The first kappa shape index (κ1) is 12.1. The lowest BCUT2D eigenvalue weighted by atomic mass is 10.1. The summed E-state index contributed by atoms with van der Waals surface area (Å²) < 4.78 is 36.1. The van der Waals surface area contributed by atoms with Gasteiger partial charge in [0.05, 0.1) is 4.90 Å². The van der Waals surface area contributed by atoms with Crippen LogP contribution in [0.3, 0.4) is 0 Å². The Bertz CT molecular complexity index is 480. The molecule has 0 radical (unpaired) electrons. The molecular formula is C10H14FNO2S. The van der Waals surface area contributed by atoms with Gasteiger partial charge in [-0.3, -0.25) is 0 Å². The van der Waals surface area contributed by atoms with E-state index in [9.17, 15) is 12.8 Å². The van der Waals surface area contributed by atoms with E-state index in [-0.39, 0.29) is 10.5 Å². The van der Waals surface area contributed by atoms with Crippen molar-refractivity contribution in [3.8, 4) is 0 Å². The highest BCUT2D eigenvalue weighted by molar-refractivity contribution is 7.90. The molecule has 3 nitrogen and oxygen atoms in total. The molecule has 0 spiro atoms. The molecule has 1 unspecified atom stereocenters. The van der Waals surface area contributed by atoms with E-state index in [0.29, 0.717) is 5.56 Å². The van der Waals surface area contributed by atoms with Crippen LogP contribution in [0.25, 0.3) is 0 Å². The lowest BCUT2D eigenvalue weighted by molar-refractivity contribution is 0.585. The van der Waals surface area contributed by atoms with Crippen LogP contribution in [0, 0.1) is 12.7 Å². The molecule has 0 aliphatic rings. The predicted molar refractivity (Wildman–Crippen MR) is 56.8 cm³/mol. The largest absolute Gasteiger partial charge is 0.324 e. The highest BCUT2D eigenvalue weighted by Gasteiger charge is 2.16. The summed E-state index contributed by atoms with van der Waals surface area (Å²) in [6.07, 6.45) is 1.10. The van der Waals surface area contributed by atoms with E-state index in [1.54, 1.807) is 13.8 Å². The minimum atomic E-state index is -3.33. The summed E-state index contributed by atoms with van der Waals surface area (Å²) in [4.78, 5) is 0.135. The van der Waals surface area contributed by atoms with Crippen LogP contribution in [0.1, 0.15) is 24.1 Å². The fraction of sp³-hybridized carbons (Fsp3) is 0.400. The highest BCUT2D eigenvalue weighted by atomic mass is 32.2. The van der Waals surface area contributed by atoms with Gasteiger partial charge >= 0.3 is 0 Å². The predicted octanol–water partition coefficient (Wildman–Crippen LogP) is 1.56.